The van der Waals surface area contributed by atoms with E-state index in [0.29, 0.717) is 0 Å². The third kappa shape index (κ3) is 1.98. The number of piperazine rings is 1. The molecule has 1 aromatic carbocycles. The van der Waals surface area contributed by atoms with Crippen molar-refractivity contribution in [3.8, 4) is 0 Å². The molecule has 0 atom stereocenters. The average molecular weight is 271 g/mol. The smallest absolute Gasteiger partial charge is 0.112 e. The van der Waals surface area contributed by atoms with E-state index in [1.54, 1.807) is 6.33 Å². The van der Waals surface area contributed by atoms with Gasteiger partial charge < -0.3 is 14.8 Å². The molecule has 2 fully saturated rings. The topological polar surface area (TPSA) is 38.4 Å². The lowest BCUT2D eigenvalue weighted by Gasteiger charge is -2.47. The third-order valence-corrected chi connectivity index (χ3v) is 4.64. The van der Waals surface area contributed by atoms with Crippen LogP contribution in [0.25, 0.3) is 11.0 Å². The van der Waals surface area contributed by atoms with Gasteiger partial charge in [0.15, 0.2) is 0 Å². The highest BCUT2D eigenvalue weighted by molar-refractivity contribution is 5.88. The van der Waals surface area contributed by atoms with Gasteiger partial charge in [0.2, 0.25) is 0 Å². The highest BCUT2D eigenvalue weighted by Gasteiger charge is 2.31. The minimum absolute atomic E-state index is 0.781. The summed E-state index contributed by atoms with van der Waals surface area (Å²) in [5.74, 6) is 0. The Bertz CT molecular complexity index is 593. The molecule has 1 aromatic heterocycles. The molecule has 3 heterocycles. The molecule has 0 saturated carbocycles. The van der Waals surface area contributed by atoms with Crippen LogP contribution in [0.3, 0.4) is 0 Å². The Morgan fingerprint density at radius 2 is 1.95 bits per heavy atom. The van der Waals surface area contributed by atoms with Gasteiger partial charge in [-0.25, -0.2) is 4.98 Å². The van der Waals surface area contributed by atoms with Crippen LogP contribution < -0.4 is 4.90 Å². The first-order valence-electron chi connectivity index (χ1n) is 7.41. The van der Waals surface area contributed by atoms with Crippen LogP contribution in [0.5, 0.6) is 0 Å². The molecule has 0 aliphatic carbocycles. The standard InChI is InChI=1S/C15H21N5/c1-18-9-12(10-18)19-5-7-20(8-6-19)14-4-2-3-13-15(14)17-11-16-13/h2-4,11-12H,5-10H2,1H3,(H,16,17). The zero-order valence-corrected chi connectivity index (χ0v) is 11.9. The van der Waals surface area contributed by atoms with Crippen molar-refractivity contribution < 1.29 is 0 Å². The van der Waals surface area contributed by atoms with Gasteiger partial charge in [0.1, 0.15) is 5.52 Å². The number of nitrogens with zero attached hydrogens (tertiary/aromatic N) is 4. The van der Waals surface area contributed by atoms with E-state index in [0.717, 1.165) is 30.2 Å². The summed E-state index contributed by atoms with van der Waals surface area (Å²) in [6.07, 6.45) is 1.79. The molecule has 2 saturated heterocycles. The molecule has 106 valence electrons. The molecule has 1 N–H and O–H groups in total. The van der Waals surface area contributed by atoms with E-state index < -0.39 is 0 Å². The molecule has 0 radical (unpaired) electrons. The number of fused-ring (bicyclic) bond motifs is 1. The number of likely N-dealkylation sites (N-methyl/N-ethyl adjacent to an activating group) is 1. The fourth-order valence-electron chi connectivity index (χ4n) is 3.43. The lowest BCUT2D eigenvalue weighted by Crippen LogP contribution is -2.61. The van der Waals surface area contributed by atoms with Gasteiger partial charge >= 0.3 is 0 Å². The van der Waals surface area contributed by atoms with Crippen molar-refractivity contribution in [3.05, 3.63) is 24.5 Å². The summed E-state index contributed by atoms with van der Waals surface area (Å²) >= 11 is 0. The maximum atomic E-state index is 4.47. The predicted molar refractivity (Wildman–Crippen MR) is 81.2 cm³/mol. The van der Waals surface area contributed by atoms with Crippen LogP contribution in [0.4, 0.5) is 5.69 Å². The molecular formula is C15H21N5. The first-order valence-corrected chi connectivity index (χ1v) is 7.41. The first-order chi connectivity index (χ1) is 9.81. The molecule has 5 heteroatoms. The maximum Gasteiger partial charge on any atom is 0.112 e. The molecule has 2 aromatic rings. The number of para-hydroxylation sites is 1. The second kappa shape index (κ2) is 4.75. The van der Waals surface area contributed by atoms with Crippen LogP contribution >= 0.6 is 0 Å². The molecule has 0 unspecified atom stereocenters. The summed E-state index contributed by atoms with van der Waals surface area (Å²) in [5, 5.41) is 0. The fourth-order valence-corrected chi connectivity index (χ4v) is 3.43. The number of nitrogens with one attached hydrogen (secondary N) is 1. The van der Waals surface area contributed by atoms with Gasteiger partial charge in [-0.15, -0.1) is 0 Å². The van der Waals surface area contributed by atoms with E-state index in [-0.39, 0.29) is 0 Å². The SMILES string of the molecule is CN1CC(N2CCN(c3cccc4[nH]cnc34)CC2)C1. The predicted octanol–water partition coefficient (Wildman–Crippen LogP) is 0.999. The number of aromatic amines is 1. The highest BCUT2D eigenvalue weighted by Crippen LogP contribution is 2.26. The van der Waals surface area contributed by atoms with Crippen molar-refractivity contribution in [2.24, 2.45) is 0 Å². The lowest BCUT2D eigenvalue weighted by molar-refractivity contribution is 0.0488. The number of anilines is 1. The molecular weight excluding hydrogens is 250 g/mol. The van der Waals surface area contributed by atoms with Gasteiger partial charge in [-0.05, 0) is 19.2 Å². The van der Waals surface area contributed by atoms with Gasteiger partial charge in [0.05, 0.1) is 17.5 Å². The van der Waals surface area contributed by atoms with Crippen LogP contribution in [0.1, 0.15) is 0 Å². The minimum atomic E-state index is 0.781. The molecule has 2 aliphatic heterocycles. The van der Waals surface area contributed by atoms with E-state index in [4.69, 9.17) is 0 Å². The van der Waals surface area contributed by atoms with E-state index in [1.165, 1.54) is 31.9 Å². The first kappa shape index (κ1) is 12.2. The summed E-state index contributed by atoms with van der Waals surface area (Å²) in [7, 11) is 2.20. The zero-order valence-electron chi connectivity index (χ0n) is 11.9. The summed E-state index contributed by atoms with van der Waals surface area (Å²) in [4.78, 5) is 15.2. The van der Waals surface area contributed by atoms with Gasteiger partial charge in [-0.3, -0.25) is 4.90 Å². The fraction of sp³-hybridized carbons (Fsp3) is 0.533. The number of imidazole rings is 1. The molecule has 4 rings (SSSR count). The van der Waals surface area contributed by atoms with E-state index >= 15 is 0 Å². The largest absolute Gasteiger partial charge is 0.367 e. The quantitative estimate of drug-likeness (QED) is 0.884. The number of hydrogen-bond donors (Lipinski definition) is 1. The van der Waals surface area contributed by atoms with Crippen LogP contribution in [-0.4, -0.2) is 72.1 Å². The van der Waals surface area contributed by atoms with E-state index in [9.17, 15) is 0 Å². The Balaban J connectivity index is 1.47. The number of H-pyrrole nitrogens is 1. The Morgan fingerprint density at radius 1 is 1.15 bits per heavy atom. The van der Waals surface area contributed by atoms with Crippen LogP contribution in [0.15, 0.2) is 24.5 Å². The number of hydrogen-bond acceptors (Lipinski definition) is 4. The molecule has 0 bridgehead atoms. The minimum Gasteiger partial charge on any atom is -0.367 e. The van der Waals surface area contributed by atoms with Crippen LogP contribution in [-0.2, 0) is 0 Å². The molecule has 0 spiro atoms. The lowest BCUT2D eigenvalue weighted by atomic mass is 10.1. The van der Waals surface area contributed by atoms with Crippen LogP contribution in [0.2, 0.25) is 0 Å². The van der Waals surface area contributed by atoms with Crippen molar-refractivity contribution in [1.82, 2.24) is 19.8 Å². The average Bonchev–Trinajstić information content (AvgIpc) is 2.92. The summed E-state index contributed by atoms with van der Waals surface area (Å²) < 4.78 is 0. The second-order valence-corrected chi connectivity index (χ2v) is 5.97. The van der Waals surface area contributed by atoms with Crippen LogP contribution in [0, 0.1) is 0 Å². The Kier molecular flexibility index (Phi) is 2.89. The number of benzene rings is 1. The third-order valence-electron chi connectivity index (χ3n) is 4.64. The van der Waals surface area contributed by atoms with Gasteiger partial charge in [0.25, 0.3) is 0 Å². The Labute approximate surface area is 119 Å². The number of rotatable bonds is 2. The molecule has 20 heavy (non-hydrogen) atoms. The second-order valence-electron chi connectivity index (χ2n) is 5.97. The molecule has 0 amide bonds. The summed E-state index contributed by atoms with van der Waals surface area (Å²) in [6, 6.07) is 7.18. The summed E-state index contributed by atoms with van der Waals surface area (Å²) in [6.45, 7) is 7.00. The summed E-state index contributed by atoms with van der Waals surface area (Å²) in [5.41, 5.74) is 3.50. The normalized spacial score (nSPS) is 22.4. The maximum absolute atomic E-state index is 4.47. The van der Waals surface area contributed by atoms with E-state index in [2.05, 4.69) is 49.9 Å². The number of likely N-dealkylation sites (tertiary alicyclic amines) is 1. The Hall–Kier alpha value is -1.59. The molecule has 2 aliphatic rings. The van der Waals surface area contributed by atoms with Crippen molar-refractivity contribution in [3.63, 3.8) is 0 Å². The Morgan fingerprint density at radius 3 is 2.70 bits per heavy atom. The van der Waals surface area contributed by atoms with Crippen molar-refractivity contribution in [2.45, 2.75) is 6.04 Å². The zero-order chi connectivity index (χ0) is 13.5. The molecule has 5 nitrogen and oxygen atoms in total. The van der Waals surface area contributed by atoms with E-state index in [1.807, 2.05) is 0 Å². The van der Waals surface area contributed by atoms with Crippen molar-refractivity contribution in [1.29, 1.82) is 0 Å². The highest BCUT2D eigenvalue weighted by atomic mass is 15.3. The van der Waals surface area contributed by atoms with Gasteiger partial charge in [-0.2, -0.15) is 0 Å². The number of aromatic nitrogens is 2. The van der Waals surface area contributed by atoms with Crippen molar-refractivity contribution in [2.75, 3.05) is 51.2 Å². The van der Waals surface area contributed by atoms with Gasteiger partial charge in [0, 0.05) is 45.3 Å². The monoisotopic (exact) mass is 271 g/mol. The van der Waals surface area contributed by atoms with Gasteiger partial charge in [-0.1, -0.05) is 6.07 Å². The van der Waals surface area contributed by atoms with Crippen molar-refractivity contribution >= 4 is 16.7 Å².